The second-order valence-corrected chi connectivity index (χ2v) is 4.01. The topological polar surface area (TPSA) is 56.3 Å². The van der Waals surface area contributed by atoms with Crippen molar-refractivity contribution in [1.82, 2.24) is 15.5 Å². The molecule has 1 aromatic carbocycles. The van der Waals surface area contributed by atoms with Crippen LogP contribution in [0.1, 0.15) is 5.69 Å². The molecule has 5 heteroatoms. The maximum atomic E-state index is 5.28. The molecule has 0 fully saturated rings. The Labute approximate surface area is 112 Å². The molecule has 0 atom stereocenters. The van der Waals surface area contributed by atoms with Crippen molar-refractivity contribution < 1.29 is 9.47 Å². The van der Waals surface area contributed by atoms with Crippen LogP contribution >= 0.6 is 0 Å². The Morgan fingerprint density at radius 3 is 2.37 bits per heavy atom. The van der Waals surface area contributed by atoms with Crippen LogP contribution in [0.15, 0.2) is 30.3 Å². The summed E-state index contributed by atoms with van der Waals surface area (Å²) in [6.07, 6.45) is 0. The third-order valence-electron chi connectivity index (χ3n) is 2.76. The van der Waals surface area contributed by atoms with Crippen LogP contribution < -0.4 is 14.8 Å². The largest absolute Gasteiger partial charge is 0.493 e. The summed E-state index contributed by atoms with van der Waals surface area (Å²) in [7, 11) is 5.11. The zero-order chi connectivity index (χ0) is 13.7. The molecule has 0 aliphatic heterocycles. The van der Waals surface area contributed by atoms with Crippen molar-refractivity contribution in [3.8, 4) is 22.8 Å². The summed E-state index contributed by atoms with van der Waals surface area (Å²) >= 11 is 0. The minimum atomic E-state index is 0.682. The zero-order valence-corrected chi connectivity index (χ0v) is 11.3. The van der Waals surface area contributed by atoms with Crippen molar-refractivity contribution in [2.75, 3.05) is 21.3 Å². The molecule has 1 N–H and O–H groups in total. The molecule has 0 aliphatic carbocycles. The zero-order valence-electron chi connectivity index (χ0n) is 11.3. The quantitative estimate of drug-likeness (QED) is 0.888. The van der Waals surface area contributed by atoms with Crippen molar-refractivity contribution in [3.05, 3.63) is 36.0 Å². The number of nitrogens with one attached hydrogen (secondary N) is 1. The Morgan fingerprint density at radius 1 is 1.00 bits per heavy atom. The molecule has 1 heterocycles. The molecular weight excluding hydrogens is 242 g/mol. The molecule has 19 heavy (non-hydrogen) atoms. The van der Waals surface area contributed by atoms with E-state index in [1.807, 2.05) is 37.4 Å². The van der Waals surface area contributed by atoms with E-state index in [2.05, 4.69) is 15.5 Å². The molecule has 0 aliphatic rings. The summed E-state index contributed by atoms with van der Waals surface area (Å²) in [4.78, 5) is 0. The third-order valence-corrected chi connectivity index (χ3v) is 2.76. The van der Waals surface area contributed by atoms with Gasteiger partial charge in [0.05, 0.1) is 25.6 Å². The second kappa shape index (κ2) is 6.15. The number of hydrogen-bond acceptors (Lipinski definition) is 5. The first kappa shape index (κ1) is 13.3. The van der Waals surface area contributed by atoms with Crippen molar-refractivity contribution in [1.29, 1.82) is 0 Å². The molecule has 100 valence electrons. The Morgan fingerprint density at radius 2 is 1.79 bits per heavy atom. The highest BCUT2D eigenvalue weighted by Gasteiger charge is 2.07. The van der Waals surface area contributed by atoms with Gasteiger partial charge in [0.15, 0.2) is 11.5 Å². The Balaban J connectivity index is 2.30. The normalized spacial score (nSPS) is 10.3. The summed E-state index contributed by atoms with van der Waals surface area (Å²) < 4.78 is 10.5. The molecule has 0 amide bonds. The summed E-state index contributed by atoms with van der Waals surface area (Å²) in [5, 5.41) is 11.4. The minimum Gasteiger partial charge on any atom is -0.493 e. The van der Waals surface area contributed by atoms with E-state index >= 15 is 0 Å². The Hall–Kier alpha value is -2.14. The molecule has 0 unspecified atom stereocenters. The number of ether oxygens (including phenoxy) is 2. The fourth-order valence-corrected chi connectivity index (χ4v) is 1.78. The van der Waals surface area contributed by atoms with E-state index in [1.165, 1.54) is 0 Å². The van der Waals surface area contributed by atoms with Crippen LogP contribution in [0.2, 0.25) is 0 Å². The van der Waals surface area contributed by atoms with Crippen LogP contribution in [-0.2, 0) is 6.54 Å². The average molecular weight is 259 g/mol. The first-order valence-corrected chi connectivity index (χ1v) is 5.98. The third kappa shape index (κ3) is 3.00. The summed E-state index contributed by atoms with van der Waals surface area (Å²) in [5.74, 6) is 1.38. The van der Waals surface area contributed by atoms with E-state index in [9.17, 15) is 0 Å². The van der Waals surface area contributed by atoms with E-state index in [-0.39, 0.29) is 0 Å². The molecule has 0 saturated carbocycles. The number of rotatable bonds is 5. The number of nitrogens with zero attached hydrogens (tertiary/aromatic N) is 2. The molecule has 0 radical (unpaired) electrons. The van der Waals surface area contributed by atoms with Crippen molar-refractivity contribution >= 4 is 0 Å². The Kier molecular flexibility index (Phi) is 4.30. The van der Waals surface area contributed by atoms with Crippen molar-refractivity contribution in [2.24, 2.45) is 0 Å². The van der Waals surface area contributed by atoms with Crippen LogP contribution in [0.4, 0.5) is 0 Å². The van der Waals surface area contributed by atoms with Crippen molar-refractivity contribution in [2.45, 2.75) is 6.54 Å². The maximum Gasteiger partial charge on any atom is 0.161 e. The van der Waals surface area contributed by atoms with Crippen LogP contribution in [0.5, 0.6) is 11.5 Å². The van der Waals surface area contributed by atoms with Gasteiger partial charge in [-0.05, 0) is 37.4 Å². The van der Waals surface area contributed by atoms with Gasteiger partial charge in [-0.1, -0.05) is 0 Å². The Bertz CT molecular complexity index is 541. The number of methoxy groups -OCH3 is 2. The molecule has 0 saturated heterocycles. The van der Waals surface area contributed by atoms with E-state index in [4.69, 9.17) is 9.47 Å². The lowest BCUT2D eigenvalue weighted by molar-refractivity contribution is 0.355. The van der Waals surface area contributed by atoms with Crippen LogP contribution in [0, 0.1) is 0 Å². The van der Waals surface area contributed by atoms with Gasteiger partial charge in [-0.15, -0.1) is 0 Å². The van der Waals surface area contributed by atoms with Gasteiger partial charge in [-0.3, -0.25) is 0 Å². The number of aromatic nitrogens is 2. The van der Waals surface area contributed by atoms with Gasteiger partial charge in [0.25, 0.3) is 0 Å². The molecule has 0 bridgehead atoms. The van der Waals surface area contributed by atoms with Gasteiger partial charge >= 0.3 is 0 Å². The van der Waals surface area contributed by atoms with Gasteiger partial charge in [0, 0.05) is 12.1 Å². The van der Waals surface area contributed by atoms with Crippen LogP contribution in [0.25, 0.3) is 11.3 Å². The highest BCUT2D eigenvalue weighted by Crippen LogP contribution is 2.31. The lowest BCUT2D eigenvalue weighted by atomic mass is 10.1. The van der Waals surface area contributed by atoms with Gasteiger partial charge in [0.1, 0.15) is 0 Å². The van der Waals surface area contributed by atoms with E-state index in [1.54, 1.807) is 14.2 Å². The predicted octanol–water partition coefficient (Wildman–Crippen LogP) is 1.88. The lowest BCUT2D eigenvalue weighted by Crippen LogP contribution is -2.07. The lowest BCUT2D eigenvalue weighted by Gasteiger charge is -2.09. The van der Waals surface area contributed by atoms with E-state index < -0.39 is 0 Å². The smallest absolute Gasteiger partial charge is 0.161 e. The van der Waals surface area contributed by atoms with Gasteiger partial charge in [-0.2, -0.15) is 10.2 Å². The molecule has 2 aromatic rings. The van der Waals surface area contributed by atoms with Gasteiger partial charge in [-0.25, -0.2) is 0 Å². The van der Waals surface area contributed by atoms with E-state index in [0.29, 0.717) is 18.0 Å². The van der Waals surface area contributed by atoms with Crippen LogP contribution in [-0.4, -0.2) is 31.5 Å². The molecular formula is C14H17N3O2. The summed E-state index contributed by atoms with van der Waals surface area (Å²) in [6, 6.07) is 9.58. The van der Waals surface area contributed by atoms with Gasteiger partial charge in [0.2, 0.25) is 0 Å². The molecule has 0 spiro atoms. The van der Waals surface area contributed by atoms with E-state index in [0.717, 1.165) is 17.0 Å². The van der Waals surface area contributed by atoms with Crippen LogP contribution in [0.3, 0.4) is 0 Å². The predicted molar refractivity (Wildman–Crippen MR) is 73.3 cm³/mol. The monoisotopic (exact) mass is 259 g/mol. The summed E-state index contributed by atoms with van der Waals surface area (Å²) in [6.45, 7) is 0.708. The standard InChI is InChI=1S/C14H17N3O2/c1-15-9-11-5-6-12(17-16-11)10-4-7-13(18-2)14(8-10)19-3/h4-8,15H,9H2,1-3H3. The minimum absolute atomic E-state index is 0.682. The highest BCUT2D eigenvalue weighted by molar-refractivity contribution is 5.63. The van der Waals surface area contributed by atoms with Crippen molar-refractivity contribution in [3.63, 3.8) is 0 Å². The second-order valence-electron chi connectivity index (χ2n) is 4.01. The molecule has 2 rings (SSSR count). The first-order valence-electron chi connectivity index (χ1n) is 5.98. The number of benzene rings is 1. The molecule has 5 nitrogen and oxygen atoms in total. The fourth-order valence-electron chi connectivity index (χ4n) is 1.78. The molecule has 1 aromatic heterocycles. The number of hydrogen-bond donors (Lipinski definition) is 1. The SMILES string of the molecule is CNCc1ccc(-c2ccc(OC)c(OC)c2)nn1. The average Bonchev–Trinajstić information content (AvgIpc) is 2.47. The highest BCUT2D eigenvalue weighted by atomic mass is 16.5. The maximum absolute atomic E-state index is 5.28. The van der Waals surface area contributed by atoms with Gasteiger partial charge < -0.3 is 14.8 Å². The fraction of sp³-hybridized carbons (Fsp3) is 0.286. The summed E-state index contributed by atoms with van der Waals surface area (Å²) in [5.41, 5.74) is 2.66. The first-order chi connectivity index (χ1) is 9.28.